The summed E-state index contributed by atoms with van der Waals surface area (Å²) in [5, 5.41) is 3.22. The van der Waals surface area contributed by atoms with Gasteiger partial charge in [0.05, 0.1) is 20.6 Å². The Bertz CT molecular complexity index is 1430. The van der Waals surface area contributed by atoms with E-state index in [0.717, 1.165) is 19.9 Å². The molecular weight excluding hydrogens is 625 g/mol. The number of nitrogens with zero attached hydrogens (tertiary/aromatic N) is 2. The molecule has 0 aliphatic carbocycles. The number of benzene rings is 3. The molecule has 11 heteroatoms. The zero-order chi connectivity index (χ0) is 28.9. The van der Waals surface area contributed by atoms with Crippen molar-refractivity contribution in [3.8, 4) is 0 Å². The Kier molecular flexibility index (Phi) is 10.5. The van der Waals surface area contributed by atoms with Crippen LogP contribution >= 0.6 is 39.1 Å². The van der Waals surface area contributed by atoms with Gasteiger partial charge in [0.25, 0.3) is 10.0 Å². The molecule has 7 nitrogen and oxygen atoms in total. The van der Waals surface area contributed by atoms with Gasteiger partial charge in [-0.1, -0.05) is 69.0 Å². The SMILES string of the molecule is Cc1ccc(S(=O)(=O)N(CC(=O)N(Cc2ccc(Br)cc2)C(C)C(=O)NC(C)C)c2ccc(Cl)c(Cl)c2)cc1. The van der Waals surface area contributed by atoms with E-state index < -0.39 is 28.5 Å². The van der Waals surface area contributed by atoms with Crippen molar-refractivity contribution in [3.63, 3.8) is 0 Å². The van der Waals surface area contributed by atoms with E-state index in [2.05, 4.69) is 21.2 Å². The van der Waals surface area contributed by atoms with Gasteiger partial charge in [0.1, 0.15) is 12.6 Å². The third-order valence-electron chi connectivity index (χ3n) is 5.94. The van der Waals surface area contributed by atoms with Crippen LogP contribution in [0.25, 0.3) is 0 Å². The number of rotatable bonds is 10. The number of sulfonamides is 1. The molecule has 0 saturated carbocycles. The Balaban J connectivity index is 2.05. The van der Waals surface area contributed by atoms with E-state index in [1.165, 1.54) is 35.2 Å². The second kappa shape index (κ2) is 13.2. The van der Waals surface area contributed by atoms with Crippen molar-refractivity contribution in [1.29, 1.82) is 0 Å². The summed E-state index contributed by atoms with van der Waals surface area (Å²) in [6.45, 7) is 6.65. The first-order chi connectivity index (χ1) is 18.3. The first kappa shape index (κ1) is 30.9. The number of amides is 2. The fourth-order valence-electron chi connectivity index (χ4n) is 3.78. The van der Waals surface area contributed by atoms with Gasteiger partial charge in [0.15, 0.2) is 0 Å². The molecule has 208 valence electrons. The van der Waals surface area contributed by atoms with Gasteiger partial charge in [0.2, 0.25) is 11.8 Å². The molecule has 0 saturated heterocycles. The minimum absolute atomic E-state index is 0.0111. The molecule has 0 heterocycles. The molecule has 0 aliphatic heterocycles. The predicted octanol–water partition coefficient (Wildman–Crippen LogP) is 6.20. The molecule has 1 N–H and O–H groups in total. The summed E-state index contributed by atoms with van der Waals surface area (Å²) in [7, 11) is -4.20. The zero-order valence-electron chi connectivity index (χ0n) is 22.0. The minimum atomic E-state index is -4.20. The normalized spacial score (nSPS) is 12.2. The van der Waals surface area contributed by atoms with E-state index in [9.17, 15) is 18.0 Å². The summed E-state index contributed by atoms with van der Waals surface area (Å²) in [5.74, 6) is -0.913. The molecule has 3 aromatic rings. The van der Waals surface area contributed by atoms with Crippen LogP contribution in [0.1, 0.15) is 31.9 Å². The van der Waals surface area contributed by atoms with E-state index >= 15 is 0 Å². The molecule has 3 aromatic carbocycles. The van der Waals surface area contributed by atoms with Gasteiger partial charge in [-0.25, -0.2) is 8.42 Å². The van der Waals surface area contributed by atoms with Crippen LogP contribution < -0.4 is 9.62 Å². The largest absolute Gasteiger partial charge is 0.352 e. The Morgan fingerprint density at radius 3 is 2.10 bits per heavy atom. The summed E-state index contributed by atoms with van der Waals surface area (Å²) in [6.07, 6.45) is 0. The molecule has 0 radical (unpaired) electrons. The number of anilines is 1. The topological polar surface area (TPSA) is 86.8 Å². The van der Waals surface area contributed by atoms with E-state index in [-0.39, 0.29) is 39.1 Å². The van der Waals surface area contributed by atoms with Crippen LogP contribution in [0.5, 0.6) is 0 Å². The highest BCUT2D eigenvalue weighted by atomic mass is 79.9. The monoisotopic (exact) mass is 653 g/mol. The highest BCUT2D eigenvalue weighted by Crippen LogP contribution is 2.31. The minimum Gasteiger partial charge on any atom is -0.352 e. The van der Waals surface area contributed by atoms with Crippen molar-refractivity contribution in [2.45, 2.75) is 51.2 Å². The molecule has 3 rings (SSSR count). The summed E-state index contributed by atoms with van der Waals surface area (Å²) in [5.41, 5.74) is 1.83. The van der Waals surface area contributed by atoms with Crippen LogP contribution in [-0.2, 0) is 26.2 Å². The van der Waals surface area contributed by atoms with Gasteiger partial charge >= 0.3 is 0 Å². The lowest BCUT2D eigenvalue weighted by atomic mass is 10.1. The maximum atomic E-state index is 13.9. The average molecular weight is 655 g/mol. The number of hydrogen-bond acceptors (Lipinski definition) is 4. The summed E-state index contributed by atoms with van der Waals surface area (Å²) in [6, 6.07) is 17.0. The Morgan fingerprint density at radius 1 is 0.923 bits per heavy atom. The lowest BCUT2D eigenvalue weighted by Crippen LogP contribution is -2.52. The second-order valence-corrected chi connectivity index (χ2v) is 13.0. The summed E-state index contributed by atoms with van der Waals surface area (Å²) < 4.78 is 29.5. The number of aryl methyl sites for hydroxylation is 1. The van der Waals surface area contributed by atoms with Gasteiger partial charge in [-0.15, -0.1) is 0 Å². The Hall–Kier alpha value is -2.59. The van der Waals surface area contributed by atoms with Crippen LogP contribution in [-0.4, -0.2) is 43.8 Å². The maximum Gasteiger partial charge on any atom is 0.264 e. The quantitative estimate of drug-likeness (QED) is 0.282. The zero-order valence-corrected chi connectivity index (χ0v) is 25.9. The number of halogens is 3. The second-order valence-electron chi connectivity index (χ2n) is 9.41. The van der Waals surface area contributed by atoms with Crippen molar-refractivity contribution in [3.05, 3.63) is 92.4 Å². The lowest BCUT2D eigenvalue weighted by molar-refractivity contribution is -0.139. The number of nitrogens with one attached hydrogen (secondary N) is 1. The van der Waals surface area contributed by atoms with Gasteiger partial charge in [0, 0.05) is 17.1 Å². The van der Waals surface area contributed by atoms with Crippen molar-refractivity contribution < 1.29 is 18.0 Å². The van der Waals surface area contributed by atoms with Crippen LogP contribution in [0.4, 0.5) is 5.69 Å². The van der Waals surface area contributed by atoms with Crippen molar-refractivity contribution in [1.82, 2.24) is 10.2 Å². The van der Waals surface area contributed by atoms with Crippen LogP contribution in [0, 0.1) is 6.92 Å². The van der Waals surface area contributed by atoms with E-state index in [0.29, 0.717) is 0 Å². The highest BCUT2D eigenvalue weighted by Gasteiger charge is 2.33. The first-order valence-electron chi connectivity index (χ1n) is 12.2. The van der Waals surface area contributed by atoms with E-state index in [1.807, 2.05) is 45.0 Å². The first-order valence-corrected chi connectivity index (χ1v) is 15.2. The molecule has 0 aliphatic rings. The molecule has 0 aromatic heterocycles. The molecular formula is C28H30BrCl2N3O4S. The molecule has 0 fully saturated rings. The van der Waals surface area contributed by atoms with Gasteiger partial charge < -0.3 is 10.2 Å². The Labute approximate surface area is 248 Å². The van der Waals surface area contributed by atoms with E-state index in [1.54, 1.807) is 19.1 Å². The van der Waals surface area contributed by atoms with Gasteiger partial charge in [-0.2, -0.15) is 0 Å². The molecule has 39 heavy (non-hydrogen) atoms. The molecule has 2 amide bonds. The van der Waals surface area contributed by atoms with Crippen molar-refractivity contribution in [2.24, 2.45) is 0 Å². The third-order valence-corrected chi connectivity index (χ3v) is 9.00. The van der Waals surface area contributed by atoms with Gasteiger partial charge in [-0.05, 0) is 75.7 Å². The average Bonchev–Trinajstić information content (AvgIpc) is 2.88. The third kappa shape index (κ3) is 7.97. The van der Waals surface area contributed by atoms with Crippen LogP contribution in [0.15, 0.2) is 76.1 Å². The Morgan fingerprint density at radius 2 is 1.54 bits per heavy atom. The molecule has 0 spiro atoms. The van der Waals surface area contributed by atoms with Crippen LogP contribution in [0.3, 0.4) is 0 Å². The molecule has 1 unspecified atom stereocenters. The van der Waals surface area contributed by atoms with Crippen LogP contribution in [0.2, 0.25) is 10.0 Å². The summed E-state index contributed by atoms with van der Waals surface area (Å²) >= 11 is 15.7. The van der Waals surface area contributed by atoms with Crippen molar-refractivity contribution in [2.75, 3.05) is 10.8 Å². The fourth-order valence-corrected chi connectivity index (χ4v) is 5.74. The number of carbonyl (C=O) groups is 2. The molecule has 0 bridgehead atoms. The number of carbonyl (C=O) groups excluding carboxylic acids is 2. The lowest BCUT2D eigenvalue weighted by Gasteiger charge is -2.32. The standard InChI is InChI=1S/C28H30BrCl2N3O4S/c1-18(2)32-28(36)20(4)33(16-21-7-9-22(29)10-8-21)27(35)17-34(23-11-14-25(30)26(31)15-23)39(37,38)24-12-5-19(3)6-13-24/h5-15,18,20H,16-17H2,1-4H3,(H,32,36). The van der Waals surface area contributed by atoms with Crippen molar-refractivity contribution >= 4 is 66.7 Å². The predicted molar refractivity (Wildman–Crippen MR) is 160 cm³/mol. The maximum absolute atomic E-state index is 13.9. The van der Waals surface area contributed by atoms with E-state index in [4.69, 9.17) is 23.2 Å². The smallest absolute Gasteiger partial charge is 0.264 e. The van der Waals surface area contributed by atoms with Gasteiger partial charge in [-0.3, -0.25) is 13.9 Å². The highest BCUT2D eigenvalue weighted by molar-refractivity contribution is 9.10. The number of hydrogen-bond donors (Lipinski definition) is 1. The fraction of sp³-hybridized carbons (Fsp3) is 0.286. The molecule has 1 atom stereocenters. The summed E-state index contributed by atoms with van der Waals surface area (Å²) in [4.78, 5) is 28.2.